The molecule has 6 heteroatoms. The molecule has 3 rings (SSSR count). The molecular weight excluding hydrogens is 294 g/mol. The summed E-state index contributed by atoms with van der Waals surface area (Å²) in [6.07, 6.45) is 0.348. The smallest absolute Gasteiger partial charge is 0.345 e. The molecule has 1 amide bonds. The minimum atomic E-state index is -1.62. The van der Waals surface area contributed by atoms with Gasteiger partial charge in [0, 0.05) is 11.4 Å². The maximum absolute atomic E-state index is 12.8. The highest BCUT2D eigenvalue weighted by Gasteiger charge is 2.79. The third-order valence-electron chi connectivity index (χ3n) is 4.42. The van der Waals surface area contributed by atoms with Crippen LogP contribution < -0.4 is 5.32 Å². The van der Waals surface area contributed by atoms with Crippen molar-refractivity contribution in [2.75, 3.05) is 5.88 Å². The molecule has 2 fully saturated rings. The zero-order valence-corrected chi connectivity index (χ0v) is 12.1. The standard InChI is InChI=1S/C15H14ClNO4/c1-14-10(7-8-16)12(19)17-15(14,13(20)21-14)11(18)9-5-3-2-4-6-9/h2-6,10H,7-8H2,1H3,(H,17,19)/t10-,14-,15-/m0/s1. The molecule has 1 aromatic carbocycles. The van der Waals surface area contributed by atoms with Gasteiger partial charge < -0.3 is 10.1 Å². The van der Waals surface area contributed by atoms with Crippen LogP contribution in [0.25, 0.3) is 0 Å². The van der Waals surface area contributed by atoms with Gasteiger partial charge in [0.1, 0.15) is 0 Å². The normalized spacial score (nSPS) is 33.7. The summed E-state index contributed by atoms with van der Waals surface area (Å²) in [4.78, 5) is 37.0. The van der Waals surface area contributed by atoms with E-state index in [4.69, 9.17) is 16.3 Å². The zero-order valence-electron chi connectivity index (χ0n) is 11.4. The van der Waals surface area contributed by atoms with Gasteiger partial charge in [-0.3, -0.25) is 9.59 Å². The van der Waals surface area contributed by atoms with Crippen molar-refractivity contribution in [1.29, 1.82) is 0 Å². The highest BCUT2D eigenvalue weighted by molar-refractivity contribution is 6.25. The largest absolute Gasteiger partial charge is 0.453 e. The van der Waals surface area contributed by atoms with Crippen molar-refractivity contribution in [3.05, 3.63) is 35.9 Å². The lowest BCUT2D eigenvalue weighted by atomic mass is 9.67. The van der Waals surface area contributed by atoms with Crippen LogP contribution in [-0.2, 0) is 14.3 Å². The predicted molar refractivity (Wildman–Crippen MR) is 75.0 cm³/mol. The van der Waals surface area contributed by atoms with Crippen molar-refractivity contribution in [3.63, 3.8) is 0 Å². The summed E-state index contributed by atoms with van der Waals surface area (Å²) in [5.41, 5.74) is -2.43. The number of fused-ring (bicyclic) bond motifs is 1. The molecule has 21 heavy (non-hydrogen) atoms. The topological polar surface area (TPSA) is 72.5 Å². The number of carbonyl (C=O) groups excluding carboxylic acids is 3. The fraction of sp³-hybridized carbons (Fsp3) is 0.400. The van der Waals surface area contributed by atoms with E-state index >= 15 is 0 Å². The molecule has 5 nitrogen and oxygen atoms in total. The average Bonchev–Trinajstić information content (AvgIpc) is 2.65. The van der Waals surface area contributed by atoms with Crippen molar-refractivity contribution in [2.24, 2.45) is 5.92 Å². The number of rotatable bonds is 4. The highest BCUT2D eigenvalue weighted by Crippen LogP contribution is 2.51. The molecule has 0 aliphatic carbocycles. The van der Waals surface area contributed by atoms with Gasteiger partial charge in [-0.05, 0) is 13.3 Å². The van der Waals surface area contributed by atoms with E-state index in [1.165, 1.54) is 0 Å². The SMILES string of the molecule is C[C@@]12OC(=O)[C@]1(C(=O)c1ccccc1)NC(=O)[C@@H]2CCCl. The van der Waals surface area contributed by atoms with Gasteiger partial charge >= 0.3 is 5.97 Å². The Labute approximate surface area is 126 Å². The van der Waals surface area contributed by atoms with Crippen molar-refractivity contribution in [1.82, 2.24) is 5.32 Å². The van der Waals surface area contributed by atoms with Crippen molar-refractivity contribution < 1.29 is 19.1 Å². The lowest BCUT2D eigenvalue weighted by molar-refractivity contribution is -0.210. The molecule has 0 radical (unpaired) electrons. The van der Waals surface area contributed by atoms with Crippen LogP contribution in [0, 0.1) is 5.92 Å². The Morgan fingerprint density at radius 3 is 2.57 bits per heavy atom. The van der Waals surface area contributed by atoms with Crippen LogP contribution in [0.3, 0.4) is 0 Å². The third-order valence-corrected chi connectivity index (χ3v) is 4.64. The molecule has 2 aliphatic heterocycles. The lowest BCUT2D eigenvalue weighted by Crippen LogP contribution is -2.77. The highest BCUT2D eigenvalue weighted by atomic mass is 35.5. The second-order valence-electron chi connectivity index (χ2n) is 5.46. The summed E-state index contributed by atoms with van der Waals surface area (Å²) >= 11 is 5.72. The Bertz CT molecular complexity index is 632. The Balaban J connectivity index is 2.05. The van der Waals surface area contributed by atoms with E-state index in [0.29, 0.717) is 12.0 Å². The number of ether oxygens (including phenoxy) is 1. The molecule has 0 bridgehead atoms. The van der Waals surface area contributed by atoms with E-state index in [1.54, 1.807) is 37.3 Å². The van der Waals surface area contributed by atoms with E-state index in [2.05, 4.69) is 5.32 Å². The fourth-order valence-electron chi connectivity index (χ4n) is 3.23. The average molecular weight is 308 g/mol. The van der Waals surface area contributed by atoms with Crippen LogP contribution in [-0.4, -0.2) is 34.7 Å². The number of ketones is 1. The van der Waals surface area contributed by atoms with Gasteiger partial charge in [0.2, 0.25) is 17.2 Å². The van der Waals surface area contributed by atoms with Crippen LogP contribution in [0.4, 0.5) is 0 Å². The first kappa shape index (κ1) is 14.1. The Kier molecular flexibility index (Phi) is 3.06. The molecule has 0 spiro atoms. The number of esters is 1. The summed E-state index contributed by atoms with van der Waals surface area (Å²) in [7, 11) is 0. The van der Waals surface area contributed by atoms with Gasteiger partial charge in [0.25, 0.3) is 0 Å². The van der Waals surface area contributed by atoms with Gasteiger partial charge in [-0.2, -0.15) is 0 Å². The van der Waals surface area contributed by atoms with E-state index in [0.717, 1.165) is 0 Å². The first-order valence-corrected chi connectivity index (χ1v) is 7.22. The maximum Gasteiger partial charge on any atom is 0.345 e. The van der Waals surface area contributed by atoms with Crippen molar-refractivity contribution in [3.8, 4) is 0 Å². The monoisotopic (exact) mass is 307 g/mol. The first-order valence-electron chi connectivity index (χ1n) is 6.68. The molecule has 1 N–H and O–H groups in total. The summed E-state index contributed by atoms with van der Waals surface area (Å²) in [6, 6.07) is 8.42. The Hall–Kier alpha value is -1.88. The number of halogens is 1. The van der Waals surface area contributed by atoms with Gasteiger partial charge in [0.05, 0.1) is 5.92 Å². The minimum absolute atomic E-state index is 0.251. The van der Waals surface area contributed by atoms with Gasteiger partial charge in [-0.1, -0.05) is 30.3 Å². The molecule has 2 aliphatic rings. The van der Waals surface area contributed by atoms with Gasteiger partial charge in [-0.15, -0.1) is 11.6 Å². The lowest BCUT2D eigenvalue weighted by Gasteiger charge is -2.49. The number of nitrogens with one attached hydrogen (secondary N) is 1. The number of amides is 1. The van der Waals surface area contributed by atoms with Crippen LogP contribution >= 0.6 is 11.6 Å². The summed E-state index contributed by atoms with van der Waals surface area (Å²) in [5.74, 6) is -1.87. The van der Waals surface area contributed by atoms with E-state index in [1.807, 2.05) is 0 Å². The van der Waals surface area contributed by atoms with Crippen LogP contribution in [0.15, 0.2) is 30.3 Å². The zero-order chi connectivity index (χ0) is 15.3. The van der Waals surface area contributed by atoms with E-state index in [9.17, 15) is 14.4 Å². The molecule has 110 valence electrons. The number of alkyl halides is 1. The summed E-state index contributed by atoms with van der Waals surface area (Å²) < 4.78 is 5.23. The van der Waals surface area contributed by atoms with E-state index in [-0.39, 0.29) is 11.8 Å². The van der Waals surface area contributed by atoms with Crippen LogP contribution in [0.5, 0.6) is 0 Å². The quantitative estimate of drug-likeness (QED) is 0.394. The number of carbonyl (C=O) groups is 3. The molecule has 0 unspecified atom stereocenters. The van der Waals surface area contributed by atoms with Crippen LogP contribution in [0.1, 0.15) is 23.7 Å². The van der Waals surface area contributed by atoms with Gasteiger partial charge in [-0.25, -0.2) is 4.79 Å². The molecule has 2 heterocycles. The predicted octanol–water partition coefficient (Wildman–Crippen LogP) is 1.30. The Morgan fingerprint density at radius 2 is 2.00 bits per heavy atom. The van der Waals surface area contributed by atoms with Gasteiger partial charge in [0.15, 0.2) is 5.60 Å². The molecule has 3 atom stereocenters. The van der Waals surface area contributed by atoms with E-state index < -0.39 is 28.8 Å². The summed E-state index contributed by atoms with van der Waals surface area (Å²) in [6.45, 7) is 1.62. The first-order chi connectivity index (χ1) is 9.97. The number of hydrogen-bond acceptors (Lipinski definition) is 4. The minimum Gasteiger partial charge on any atom is -0.453 e. The third kappa shape index (κ3) is 1.61. The maximum atomic E-state index is 12.8. The molecule has 0 aromatic heterocycles. The van der Waals surface area contributed by atoms with Crippen LogP contribution in [0.2, 0.25) is 0 Å². The van der Waals surface area contributed by atoms with Crippen molar-refractivity contribution in [2.45, 2.75) is 24.5 Å². The summed E-state index contributed by atoms with van der Waals surface area (Å²) in [5, 5.41) is 2.57. The molecular formula is C15H14ClNO4. The second-order valence-corrected chi connectivity index (χ2v) is 5.84. The molecule has 2 saturated heterocycles. The second kappa shape index (κ2) is 4.56. The number of benzene rings is 1. The fourth-order valence-corrected chi connectivity index (χ4v) is 3.45. The Morgan fingerprint density at radius 1 is 1.33 bits per heavy atom. The number of Topliss-reactive ketones (excluding diaryl/α,β-unsaturated/α-hetero) is 1. The number of hydrogen-bond donors (Lipinski definition) is 1. The molecule has 1 aromatic rings. The van der Waals surface area contributed by atoms with Crippen molar-refractivity contribution >= 4 is 29.3 Å². The molecule has 0 saturated carbocycles.